The number of hydrogen-bond donors (Lipinski definition) is 4. The van der Waals surface area contributed by atoms with Gasteiger partial charge in [-0.25, -0.2) is 0 Å². The zero-order chi connectivity index (χ0) is 20.7. The fourth-order valence-electron chi connectivity index (χ4n) is 1.57. The molecule has 145 valence electrons. The molecule has 9 heteroatoms. The van der Waals surface area contributed by atoms with Gasteiger partial charge in [-0.3, -0.25) is 4.55 Å². The van der Waals surface area contributed by atoms with E-state index >= 15 is 0 Å². The van der Waals surface area contributed by atoms with Crippen LogP contribution in [-0.4, -0.2) is 59.5 Å². The largest absolute Gasteiger partial charge is 0.508 e. The maximum atomic E-state index is 10.5. The van der Waals surface area contributed by atoms with Gasteiger partial charge in [0.05, 0.1) is 5.69 Å². The van der Waals surface area contributed by atoms with Gasteiger partial charge in [0.15, 0.2) is 0 Å². The summed E-state index contributed by atoms with van der Waals surface area (Å²) in [6.45, 7) is 2.00. The molecule has 3 aromatic carbocycles. The third kappa shape index (κ3) is 12.9. The molecule has 1 radical (unpaired) electrons. The normalized spacial score (nSPS) is 8.89. The average Bonchev–Trinajstić information content (AvgIpc) is 2.65. The number of benzene rings is 3. The molecule has 0 heterocycles. The fraction of sp³-hybridized carbons (Fsp3) is 0. The molecule has 0 saturated carbocycles. The Bertz CT molecular complexity index is 840. The summed E-state index contributed by atoms with van der Waals surface area (Å²) < 4.78 is 29.6. The Morgan fingerprint density at radius 2 is 1.00 bits per heavy atom. The Kier molecular flexibility index (Phi) is 15.6. The molecule has 3 rings (SSSR count). The summed E-state index contributed by atoms with van der Waals surface area (Å²) in [5.74, 6) is 0.644. The molecule has 0 aliphatic rings. The van der Waals surface area contributed by atoms with Crippen LogP contribution < -0.4 is 5.73 Å². The predicted octanol–water partition coefficient (Wildman–Crippen LogP) is 2.73. The van der Waals surface area contributed by atoms with Gasteiger partial charge in [-0.2, -0.15) is 8.42 Å². The van der Waals surface area contributed by atoms with Gasteiger partial charge < -0.3 is 20.7 Å². The molecular weight excluding hydrogens is 393 g/mol. The number of aromatic hydroxyl groups is 2. The van der Waals surface area contributed by atoms with E-state index in [2.05, 4.69) is 0 Å². The number of carbonyl (C=O) groups is 1. The van der Waals surface area contributed by atoms with Gasteiger partial charge in [0.2, 0.25) is 0 Å². The Hall–Kier alpha value is -2.36. The summed E-state index contributed by atoms with van der Waals surface area (Å²) in [7, 11) is -4.16. The zero-order valence-electron chi connectivity index (χ0n) is 15.3. The van der Waals surface area contributed by atoms with Gasteiger partial charge in [-0.1, -0.05) is 48.5 Å². The van der Waals surface area contributed by atoms with Crippen LogP contribution in [0.2, 0.25) is 0 Å². The molecule has 0 aliphatic carbocycles. The summed E-state index contributed by atoms with van der Waals surface area (Å²) in [5, 5.41) is 17.3. The quantitative estimate of drug-likeness (QED) is 0.273. The van der Waals surface area contributed by atoms with E-state index in [1.54, 1.807) is 54.6 Å². The number of nitrogens with two attached hydrogens (primary N) is 1. The van der Waals surface area contributed by atoms with Crippen molar-refractivity contribution in [3.8, 4) is 11.5 Å². The minimum absolute atomic E-state index is 0. The SMILES string of the molecule is C=O.Nc1ccccc1S(=O)(=O)O.Oc1ccccc1.Oc1ccccc1.[Na]. The molecule has 0 aromatic heterocycles. The first-order valence-corrected chi connectivity index (χ1v) is 8.83. The molecule has 0 fully saturated rings. The van der Waals surface area contributed by atoms with Gasteiger partial charge in [0.1, 0.15) is 23.2 Å². The van der Waals surface area contributed by atoms with Crippen LogP contribution in [0.4, 0.5) is 5.69 Å². The third-order valence-electron chi connectivity index (χ3n) is 2.71. The standard InChI is InChI=1S/C6H7NO3S.2C6H6O.CH2O.Na/c7-5-3-1-2-4-6(5)11(8,9)10;2*7-6-4-2-1-3-5-6;1-2;/h1-4H,7H2,(H,8,9,10);2*1-5,7H;1H2;. The van der Waals surface area contributed by atoms with Gasteiger partial charge in [0.25, 0.3) is 10.1 Å². The predicted molar refractivity (Wildman–Crippen MR) is 110 cm³/mol. The minimum atomic E-state index is -4.16. The van der Waals surface area contributed by atoms with Crippen molar-refractivity contribution in [1.29, 1.82) is 0 Å². The van der Waals surface area contributed by atoms with E-state index in [-0.39, 0.29) is 40.1 Å². The summed E-state index contributed by atoms with van der Waals surface area (Å²) in [4.78, 5) is 7.75. The number of phenols is 2. The van der Waals surface area contributed by atoms with Crippen molar-refractivity contribution in [3.63, 3.8) is 0 Å². The monoisotopic (exact) mass is 414 g/mol. The van der Waals surface area contributed by atoms with E-state index in [1.165, 1.54) is 18.2 Å². The van der Waals surface area contributed by atoms with Crippen molar-refractivity contribution in [2.45, 2.75) is 4.90 Å². The maximum absolute atomic E-state index is 10.5. The van der Waals surface area contributed by atoms with Crippen LogP contribution in [0.3, 0.4) is 0 Å². The molecule has 5 N–H and O–H groups in total. The Morgan fingerprint density at radius 3 is 1.21 bits per heavy atom. The van der Waals surface area contributed by atoms with Crippen molar-refractivity contribution in [3.05, 3.63) is 84.9 Å². The van der Waals surface area contributed by atoms with Crippen molar-refractivity contribution >= 4 is 52.2 Å². The van der Waals surface area contributed by atoms with Gasteiger partial charge >= 0.3 is 0 Å². The zero-order valence-corrected chi connectivity index (χ0v) is 18.2. The van der Waals surface area contributed by atoms with E-state index in [9.17, 15) is 8.42 Å². The molecule has 0 amide bonds. The Labute approximate surface area is 186 Å². The molecule has 28 heavy (non-hydrogen) atoms. The number of anilines is 1. The van der Waals surface area contributed by atoms with Crippen LogP contribution in [0.5, 0.6) is 11.5 Å². The van der Waals surface area contributed by atoms with Crippen molar-refractivity contribution < 1.29 is 28.0 Å². The van der Waals surface area contributed by atoms with Gasteiger partial charge in [-0.15, -0.1) is 0 Å². The van der Waals surface area contributed by atoms with Crippen LogP contribution in [-0.2, 0) is 14.9 Å². The molecule has 0 atom stereocenters. The first-order chi connectivity index (χ1) is 12.8. The van der Waals surface area contributed by atoms with Gasteiger partial charge in [-0.05, 0) is 36.4 Å². The second-order valence-electron chi connectivity index (χ2n) is 4.68. The number of carbonyl (C=O) groups excluding carboxylic acids is 1. The number of phenolic OH excluding ortho intramolecular Hbond substituents is 2. The van der Waals surface area contributed by atoms with Crippen molar-refractivity contribution in [2.75, 3.05) is 5.73 Å². The first-order valence-electron chi connectivity index (χ1n) is 7.39. The van der Waals surface area contributed by atoms with Crippen LogP contribution in [0.15, 0.2) is 89.8 Å². The maximum Gasteiger partial charge on any atom is 0.296 e. The van der Waals surface area contributed by atoms with Crippen LogP contribution in [0, 0.1) is 0 Å². The van der Waals surface area contributed by atoms with Crippen LogP contribution in [0.25, 0.3) is 0 Å². The third-order valence-corrected chi connectivity index (χ3v) is 3.64. The van der Waals surface area contributed by atoms with Gasteiger partial charge in [0, 0.05) is 29.6 Å². The first kappa shape index (κ1) is 27.9. The Morgan fingerprint density at radius 1 is 0.679 bits per heavy atom. The minimum Gasteiger partial charge on any atom is -0.508 e. The summed E-state index contributed by atoms with van der Waals surface area (Å²) in [6, 6.07) is 23.1. The molecule has 0 bridgehead atoms. The molecule has 3 aromatic rings. The Balaban J connectivity index is 0. The molecule has 0 saturated heterocycles. The van der Waals surface area contributed by atoms with E-state index < -0.39 is 10.1 Å². The fourth-order valence-corrected chi connectivity index (χ4v) is 2.19. The van der Waals surface area contributed by atoms with E-state index in [0.29, 0.717) is 11.5 Å². The average molecular weight is 414 g/mol. The summed E-state index contributed by atoms with van der Waals surface area (Å²) in [6.07, 6.45) is 0. The van der Waals surface area contributed by atoms with E-state index in [4.69, 9.17) is 25.3 Å². The van der Waals surface area contributed by atoms with Crippen LogP contribution in [0.1, 0.15) is 0 Å². The smallest absolute Gasteiger partial charge is 0.296 e. The molecular formula is C19H21NNaO6S. The molecule has 0 spiro atoms. The molecule has 0 aliphatic heterocycles. The van der Waals surface area contributed by atoms with E-state index in [1.807, 2.05) is 18.9 Å². The van der Waals surface area contributed by atoms with Crippen molar-refractivity contribution in [1.82, 2.24) is 0 Å². The summed E-state index contributed by atoms with van der Waals surface area (Å²) in [5.41, 5.74) is 5.32. The topological polar surface area (TPSA) is 138 Å². The second-order valence-corrected chi connectivity index (χ2v) is 6.07. The van der Waals surface area contributed by atoms with Crippen LogP contribution >= 0.6 is 0 Å². The second kappa shape index (κ2) is 15.7. The number of rotatable bonds is 1. The number of nitrogen functional groups attached to an aromatic ring is 1. The molecule has 7 nitrogen and oxygen atoms in total. The van der Waals surface area contributed by atoms with Crippen molar-refractivity contribution in [2.24, 2.45) is 0 Å². The summed E-state index contributed by atoms with van der Waals surface area (Å²) >= 11 is 0. The molecule has 0 unspecified atom stereocenters. The van der Waals surface area contributed by atoms with E-state index in [0.717, 1.165) is 0 Å². The number of hydrogen-bond acceptors (Lipinski definition) is 6. The number of para-hydroxylation sites is 3.